The van der Waals surface area contributed by atoms with Crippen LogP contribution >= 0.6 is 11.6 Å². The molecule has 3 amide bonds. The Morgan fingerprint density at radius 2 is 1.97 bits per heavy atom. The first-order chi connectivity index (χ1) is 17.3. The summed E-state index contributed by atoms with van der Waals surface area (Å²) < 4.78 is 16.1. The Kier molecular flexibility index (Phi) is 8.28. The molecule has 1 saturated heterocycles. The highest BCUT2D eigenvalue weighted by Crippen LogP contribution is 2.30. The molecular weight excluding hydrogens is 485 g/mol. The Labute approximate surface area is 215 Å². The van der Waals surface area contributed by atoms with Crippen LogP contribution in [0.25, 0.3) is 5.69 Å². The number of hydrogen-bond donors (Lipinski definition) is 2. The maximum atomic E-state index is 14.6. The Hall–Kier alpha value is -2.94. The smallest absolute Gasteiger partial charge is 0.290 e. The van der Waals surface area contributed by atoms with Gasteiger partial charge in [0.15, 0.2) is 11.5 Å². The molecule has 4 rings (SSSR count). The van der Waals surface area contributed by atoms with Gasteiger partial charge in [-0.15, -0.1) is 0 Å². The number of hydrazine groups is 1. The molecule has 8 nitrogen and oxygen atoms in total. The van der Waals surface area contributed by atoms with E-state index in [9.17, 15) is 18.8 Å². The molecule has 2 N–H and O–H groups in total. The van der Waals surface area contributed by atoms with Gasteiger partial charge in [0.25, 0.3) is 5.91 Å². The molecule has 3 atom stereocenters. The number of fused-ring (bicyclic) bond motifs is 1. The molecule has 1 aromatic heterocycles. The molecule has 193 valence electrons. The monoisotopic (exact) mass is 516 g/mol. The number of carbonyl (C=O) groups is 3. The number of hydrogen-bond acceptors (Lipinski definition) is 4. The predicted octanol–water partition coefficient (Wildman–Crippen LogP) is 4.15. The molecule has 2 aliphatic rings. The van der Waals surface area contributed by atoms with Crippen LogP contribution in [-0.2, 0) is 9.59 Å². The summed E-state index contributed by atoms with van der Waals surface area (Å²) in [6.45, 7) is 3.96. The minimum atomic E-state index is -0.608. The summed E-state index contributed by atoms with van der Waals surface area (Å²) in [6.07, 6.45) is 8.43. The van der Waals surface area contributed by atoms with E-state index in [4.69, 9.17) is 11.6 Å². The lowest BCUT2D eigenvalue weighted by atomic mass is 9.83. The molecule has 2 unspecified atom stereocenters. The minimum absolute atomic E-state index is 0.0196. The quantitative estimate of drug-likeness (QED) is 0.640. The number of imidazole rings is 1. The predicted molar refractivity (Wildman–Crippen MR) is 134 cm³/mol. The standard InChI is InChI=1S/C26H32ClFN5O3/c1-16-8-3-6-13-22(34)29-14-18-9-4-5-11-20(18)33(26(16)36)31-25(35)24-17(2)32(15-30-24)21-12-7-10-19(27)23(21)28/h7,10,12-13,15-16,18,20H,3-6,8-9,11,14H2,1-2H3,(H,29,34)(H,31,35)/t16-,18?,20?/m1/s1. The van der Waals surface area contributed by atoms with Gasteiger partial charge in [-0.2, -0.15) is 0 Å². The fraction of sp³-hybridized carbons (Fsp3) is 0.500. The number of carbonyl (C=O) groups excluding carboxylic acids is 3. The third-order valence-corrected chi connectivity index (χ3v) is 7.50. The van der Waals surface area contributed by atoms with Crippen molar-refractivity contribution < 1.29 is 18.8 Å². The van der Waals surface area contributed by atoms with Gasteiger partial charge in [0.1, 0.15) is 6.33 Å². The van der Waals surface area contributed by atoms with E-state index < -0.39 is 11.7 Å². The zero-order valence-corrected chi connectivity index (χ0v) is 21.4. The van der Waals surface area contributed by atoms with Crippen molar-refractivity contribution in [3.63, 3.8) is 0 Å². The van der Waals surface area contributed by atoms with Gasteiger partial charge in [0.05, 0.1) is 22.4 Å². The molecule has 36 heavy (non-hydrogen) atoms. The number of benzene rings is 1. The zero-order chi connectivity index (χ0) is 25.8. The van der Waals surface area contributed by atoms with E-state index in [0.29, 0.717) is 31.5 Å². The van der Waals surface area contributed by atoms with Crippen molar-refractivity contribution in [2.24, 2.45) is 11.8 Å². The minimum Gasteiger partial charge on any atom is -0.355 e. The highest BCUT2D eigenvalue weighted by Gasteiger charge is 2.37. The molecule has 2 aromatic rings. The van der Waals surface area contributed by atoms with Crippen LogP contribution in [0.2, 0.25) is 5.02 Å². The Bertz CT molecular complexity index is 1140. The van der Waals surface area contributed by atoms with E-state index in [2.05, 4.69) is 15.7 Å². The largest absolute Gasteiger partial charge is 0.355 e. The normalized spacial score (nSPS) is 23.8. The first-order valence-corrected chi connectivity index (χ1v) is 12.9. The average molecular weight is 517 g/mol. The number of nitrogens with one attached hydrogen (secondary N) is 2. The number of rotatable bonds is 3. The van der Waals surface area contributed by atoms with Crippen LogP contribution in [0.1, 0.15) is 68.1 Å². The maximum absolute atomic E-state index is 14.6. The summed E-state index contributed by atoms with van der Waals surface area (Å²) >= 11 is 5.93. The molecule has 0 spiro atoms. The molecule has 1 aliphatic carbocycles. The van der Waals surface area contributed by atoms with Crippen molar-refractivity contribution in [3.05, 3.63) is 53.2 Å². The second kappa shape index (κ2) is 11.4. The number of nitrogens with zero attached hydrogens (tertiary/aromatic N) is 3. The summed E-state index contributed by atoms with van der Waals surface area (Å²) in [4.78, 5) is 43.4. The summed E-state index contributed by atoms with van der Waals surface area (Å²) in [7, 11) is 0. The van der Waals surface area contributed by atoms with E-state index in [0.717, 1.165) is 25.7 Å². The van der Waals surface area contributed by atoms with Crippen LogP contribution in [0.15, 0.2) is 24.5 Å². The first kappa shape index (κ1) is 26.1. The maximum Gasteiger partial charge on any atom is 0.290 e. The summed E-state index contributed by atoms with van der Waals surface area (Å²) in [6, 6.07) is 4.38. The summed E-state index contributed by atoms with van der Waals surface area (Å²) in [5, 5.41) is 4.41. The van der Waals surface area contributed by atoms with E-state index in [1.165, 1.54) is 22.0 Å². The van der Waals surface area contributed by atoms with E-state index >= 15 is 0 Å². The van der Waals surface area contributed by atoms with Crippen LogP contribution in [0, 0.1) is 31.0 Å². The van der Waals surface area contributed by atoms with Crippen molar-refractivity contribution in [3.8, 4) is 5.69 Å². The third-order valence-electron chi connectivity index (χ3n) is 7.20. The highest BCUT2D eigenvalue weighted by atomic mass is 35.5. The molecule has 1 aromatic carbocycles. The Balaban J connectivity index is 1.62. The van der Waals surface area contributed by atoms with Crippen LogP contribution in [0.5, 0.6) is 0 Å². The second-order valence-corrected chi connectivity index (χ2v) is 10.1. The van der Waals surface area contributed by atoms with E-state index in [1.807, 2.05) is 6.92 Å². The van der Waals surface area contributed by atoms with Gasteiger partial charge in [-0.25, -0.2) is 9.37 Å². The molecule has 1 radical (unpaired) electrons. The average Bonchev–Trinajstić information content (AvgIpc) is 3.25. The number of aromatic nitrogens is 2. The molecule has 2 heterocycles. The van der Waals surface area contributed by atoms with Crippen molar-refractivity contribution in [2.75, 3.05) is 6.54 Å². The third kappa shape index (κ3) is 5.56. The summed E-state index contributed by atoms with van der Waals surface area (Å²) in [5.41, 5.74) is 3.54. The number of amides is 3. The first-order valence-electron chi connectivity index (χ1n) is 12.5. The van der Waals surface area contributed by atoms with Gasteiger partial charge in [-0.3, -0.25) is 29.4 Å². The molecular formula is C26H32ClFN5O3. The SMILES string of the molecule is Cc1c(C(=O)NN2C(=O)[C@H](C)CCC[CH]C(=O)NCC3CCCCC32)ncn1-c1cccc(Cl)c1F. The van der Waals surface area contributed by atoms with Crippen LogP contribution in [0.3, 0.4) is 0 Å². The molecule has 10 heteroatoms. The van der Waals surface area contributed by atoms with Gasteiger partial charge in [-0.05, 0) is 50.7 Å². The lowest BCUT2D eigenvalue weighted by Gasteiger charge is -2.41. The van der Waals surface area contributed by atoms with Crippen molar-refractivity contribution in [1.29, 1.82) is 0 Å². The fourth-order valence-electron chi connectivity index (χ4n) is 5.11. The summed E-state index contributed by atoms with van der Waals surface area (Å²) in [5.74, 6) is -1.69. The van der Waals surface area contributed by atoms with E-state index in [1.54, 1.807) is 25.5 Å². The number of halogens is 2. The zero-order valence-electron chi connectivity index (χ0n) is 20.6. The highest BCUT2D eigenvalue weighted by molar-refractivity contribution is 6.30. The Morgan fingerprint density at radius 3 is 2.78 bits per heavy atom. The van der Waals surface area contributed by atoms with Gasteiger partial charge < -0.3 is 5.32 Å². The topological polar surface area (TPSA) is 96.3 Å². The molecule has 0 bridgehead atoms. The van der Waals surface area contributed by atoms with Crippen molar-refractivity contribution in [1.82, 2.24) is 25.3 Å². The van der Waals surface area contributed by atoms with Gasteiger partial charge in [-0.1, -0.05) is 43.9 Å². The van der Waals surface area contributed by atoms with Gasteiger partial charge in [0, 0.05) is 18.9 Å². The van der Waals surface area contributed by atoms with Crippen molar-refractivity contribution >= 4 is 29.3 Å². The fourth-order valence-corrected chi connectivity index (χ4v) is 5.28. The van der Waals surface area contributed by atoms with Gasteiger partial charge >= 0.3 is 0 Å². The van der Waals surface area contributed by atoms with E-state index in [-0.39, 0.29) is 46.1 Å². The van der Waals surface area contributed by atoms with Crippen LogP contribution < -0.4 is 10.7 Å². The van der Waals surface area contributed by atoms with Crippen LogP contribution in [-0.4, -0.2) is 44.9 Å². The van der Waals surface area contributed by atoms with Crippen LogP contribution in [0.4, 0.5) is 4.39 Å². The molecule has 1 saturated carbocycles. The molecule has 1 aliphatic heterocycles. The second-order valence-electron chi connectivity index (χ2n) is 9.66. The lowest BCUT2D eigenvalue weighted by molar-refractivity contribution is -0.143. The lowest BCUT2D eigenvalue weighted by Crippen LogP contribution is -2.58. The van der Waals surface area contributed by atoms with Crippen molar-refractivity contribution in [2.45, 2.75) is 64.8 Å². The molecule has 2 fully saturated rings. The van der Waals surface area contributed by atoms with Gasteiger partial charge in [0.2, 0.25) is 11.8 Å². The Morgan fingerprint density at radius 1 is 1.19 bits per heavy atom.